The Morgan fingerprint density at radius 3 is 2.31 bits per heavy atom. The second-order valence-corrected chi connectivity index (χ2v) is 15.8. The molecule has 1 N–H and O–H groups in total. The highest BCUT2D eigenvalue weighted by molar-refractivity contribution is 5.92. The standard InChI is InChI=1S/C40H43NO11/c1-22(2)38-31(51-38)32-40(52-32)37(3)17-16-25-26(21-47-33(25)43)27(37)18-29-39(40,50-29)35(38)49-34(44)28(41-36(45)48-20-24-12-8-5-9-13-24)14-15-30(42)46-19-23-10-6-4-7-11-23/h4-13,22,27-29,31-32,35H,14-21H2,1-3H3,(H,41,45)/t27-,28?,29-,31-,32-,35+,37-,38-,39+,40+/m0/s1. The molecule has 12 heteroatoms. The molecule has 2 aromatic carbocycles. The average Bonchev–Trinajstić information content (AvgIpc) is 4.07. The monoisotopic (exact) mass is 713 g/mol. The van der Waals surface area contributed by atoms with Gasteiger partial charge in [-0.25, -0.2) is 14.4 Å². The summed E-state index contributed by atoms with van der Waals surface area (Å²) < 4.78 is 43.1. The first-order valence-corrected chi connectivity index (χ1v) is 18.3. The average molecular weight is 714 g/mol. The van der Waals surface area contributed by atoms with Gasteiger partial charge in [0, 0.05) is 17.4 Å². The third-order valence-electron chi connectivity index (χ3n) is 13.0. The van der Waals surface area contributed by atoms with E-state index >= 15 is 0 Å². The molecule has 1 unspecified atom stereocenters. The van der Waals surface area contributed by atoms with Crippen LogP contribution in [0.2, 0.25) is 0 Å². The number of cyclic esters (lactones) is 1. The zero-order valence-corrected chi connectivity index (χ0v) is 29.5. The molecular formula is C40H43NO11. The lowest BCUT2D eigenvalue weighted by Crippen LogP contribution is -2.70. The fraction of sp³-hybridized carbons (Fsp3) is 0.550. The van der Waals surface area contributed by atoms with Gasteiger partial charge in [-0.3, -0.25) is 4.79 Å². The second-order valence-electron chi connectivity index (χ2n) is 15.8. The fourth-order valence-corrected chi connectivity index (χ4v) is 10.3. The smallest absolute Gasteiger partial charge is 0.408 e. The Morgan fingerprint density at radius 1 is 0.923 bits per heavy atom. The van der Waals surface area contributed by atoms with Crippen molar-refractivity contribution < 1.29 is 52.3 Å². The zero-order chi connectivity index (χ0) is 36.0. The van der Waals surface area contributed by atoms with Gasteiger partial charge >= 0.3 is 24.0 Å². The third kappa shape index (κ3) is 4.76. The largest absolute Gasteiger partial charge is 0.461 e. The first kappa shape index (κ1) is 33.6. The number of carbonyl (C=O) groups excluding carboxylic acids is 4. The van der Waals surface area contributed by atoms with Crippen LogP contribution in [0.4, 0.5) is 4.79 Å². The van der Waals surface area contributed by atoms with Gasteiger partial charge in [-0.15, -0.1) is 0 Å². The van der Waals surface area contributed by atoms with Gasteiger partial charge in [0.25, 0.3) is 0 Å². The number of amides is 1. The Balaban J connectivity index is 0.971. The number of rotatable bonds is 11. The summed E-state index contributed by atoms with van der Waals surface area (Å²) in [5.41, 5.74) is 0.398. The van der Waals surface area contributed by atoms with Gasteiger partial charge in [-0.05, 0) is 54.2 Å². The van der Waals surface area contributed by atoms with Crippen LogP contribution in [-0.4, -0.2) is 77.9 Å². The minimum Gasteiger partial charge on any atom is -0.461 e. The molecule has 3 aliphatic carbocycles. The summed E-state index contributed by atoms with van der Waals surface area (Å²) in [5.74, 6) is -1.52. The van der Waals surface area contributed by atoms with E-state index in [0.29, 0.717) is 19.3 Å². The molecule has 2 aromatic rings. The van der Waals surface area contributed by atoms with E-state index in [2.05, 4.69) is 12.2 Å². The van der Waals surface area contributed by atoms with Crippen molar-refractivity contribution in [3.63, 3.8) is 0 Å². The van der Waals surface area contributed by atoms with Gasteiger partial charge in [0.1, 0.15) is 49.3 Å². The van der Waals surface area contributed by atoms with Crippen LogP contribution >= 0.6 is 0 Å². The second kappa shape index (κ2) is 11.9. The van der Waals surface area contributed by atoms with E-state index in [1.807, 2.05) is 74.5 Å². The van der Waals surface area contributed by atoms with Crippen LogP contribution in [0.3, 0.4) is 0 Å². The van der Waals surface area contributed by atoms with Crippen molar-refractivity contribution in [3.8, 4) is 0 Å². The highest BCUT2D eigenvalue weighted by atomic mass is 16.8. The number of carbonyl (C=O) groups is 4. The van der Waals surface area contributed by atoms with E-state index in [4.69, 9.17) is 33.2 Å². The number of benzene rings is 2. The first-order chi connectivity index (χ1) is 25.0. The summed E-state index contributed by atoms with van der Waals surface area (Å²) in [6.45, 7) is 6.65. The number of ether oxygens (including phenoxy) is 7. The number of hydrogen-bond donors (Lipinski definition) is 1. The van der Waals surface area contributed by atoms with Crippen LogP contribution in [0, 0.1) is 17.3 Å². The molecule has 4 aliphatic heterocycles. The molecule has 0 aromatic heterocycles. The lowest BCUT2D eigenvalue weighted by atomic mass is 9.46. The van der Waals surface area contributed by atoms with Crippen LogP contribution in [0.5, 0.6) is 0 Å². The summed E-state index contributed by atoms with van der Waals surface area (Å²) in [5, 5.41) is 2.67. The molecular weight excluding hydrogens is 670 g/mol. The van der Waals surface area contributed by atoms with Crippen molar-refractivity contribution in [2.75, 3.05) is 6.61 Å². The van der Waals surface area contributed by atoms with Gasteiger partial charge in [0.2, 0.25) is 0 Å². The van der Waals surface area contributed by atoms with E-state index in [1.54, 1.807) is 0 Å². The summed E-state index contributed by atoms with van der Waals surface area (Å²) in [7, 11) is 0. The van der Waals surface area contributed by atoms with Crippen molar-refractivity contribution in [1.82, 2.24) is 5.32 Å². The molecule has 4 heterocycles. The van der Waals surface area contributed by atoms with Gasteiger partial charge in [0.15, 0.2) is 11.7 Å². The van der Waals surface area contributed by atoms with E-state index in [-0.39, 0.29) is 68.8 Å². The number of hydrogen-bond acceptors (Lipinski definition) is 11. The van der Waals surface area contributed by atoms with Crippen molar-refractivity contribution in [1.29, 1.82) is 0 Å². The maximum absolute atomic E-state index is 14.4. The number of nitrogens with one attached hydrogen (secondary N) is 1. The molecule has 0 bridgehead atoms. The van der Waals surface area contributed by atoms with Crippen molar-refractivity contribution in [3.05, 3.63) is 82.9 Å². The molecule has 0 radical (unpaired) electrons. The number of esters is 3. The first-order valence-electron chi connectivity index (χ1n) is 18.3. The minimum absolute atomic E-state index is 0.00340. The number of alkyl carbamates (subject to hydrolysis) is 1. The van der Waals surface area contributed by atoms with Crippen LogP contribution in [0.1, 0.15) is 64.0 Å². The van der Waals surface area contributed by atoms with Gasteiger partial charge < -0.3 is 38.5 Å². The third-order valence-corrected chi connectivity index (χ3v) is 13.0. The fourth-order valence-electron chi connectivity index (χ4n) is 10.3. The molecule has 52 heavy (non-hydrogen) atoms. The molecule has 9 rings (SSSR count). The van der Waals surface area contributed by atoms with Crippen molar-refractivity contribution >= 4 is 24.0 Å². The molecule has 274 valence electrons. The molecule has 3 saturated heterocycles. The molecule has 2 spiro atoms. The summed E-state index contributed by atoms with van der Waals surface area (Å²) in [6.07, 6.45) is -0.832. The molecule has 1 amide bonds. The Hall–Kier alpha value is -4.26. The van der Waals surface area contributed by atoms with E-state index in [1.165, 1.54) is 0 Å². The number of fused-ring (bicyclic) bond motifs is 4. The Labute approximate surface area is 301 Å². The van der Waals surface area contributed by atoms with E-state index < -0.39 is 52.4 Å². The molecule has 5 fully saturated rings. The summed E-state index contributed by atoms with van der Waals surface area (Å²) in [6, 6.07) is 17.3. The van der Waals surface area contributed by atoms with Crippen LogP contribution < -0.4 is 5.32 Å². The minimum atomic E-state index is -1.23. The SMILES string of the molecule is CC(C)[C@]12O[C@H]1[C@@H]1O[C@]13[C@]1(O[C@H]1C[C@H]1C4=C(CC[C@@]13C)C(=O)OC4)[C@@H]2OC(=O)C(CCC(=O)OCc1ccccc1)NC(=O)OCc1ccccc1. The van der Waals surface area contributed by atoms with Gasteiger partial charge in [0.05, 0.1) is 6.10 Å². The normalized spacial score (nSPS) is 37.5. The topological polar surface area (TPSA) is 155 Å². The summed E-state index contributed by atoms with van der Waals surface area (Å²) >= 11 is 0. The molecule has 10 atom stereocenters. The van der Waals surface area contributed by atoms with E-state index in [0.717, 1.165) is 22.3 Å². The quantitative estimate of drug-likeness (QED) is 0.199. The number of epoxide rings is 3. The zero-order valence-electron chi connectivity index (χ0n) is 29.5. The highest BCUT2D eigenvalue weighted by Crippen LogP contribution is 2.83. The predicted octanol–water partition coefficient (Wildman–Crippen LogP) is 4.47. The maximum Gasteiger partial charge on any atom is 0.408 e. The van der Waals surface area contributed by atoms with E-state index in [9.17, 15) is 19.2 Å². The lowest BCUT2D eigenvalue weighted by Gasteiger charge is -2.53. The Bertz CT molecular complexity index is 1850. The van der Waals surface area contributed by atoms with Gasteiger partial charge in [-0.1, -0.05) is 81.4 Å². The Kier molecular flexibility index (Phi) is 7.67. The Morgan fingerprint density at radius 2 is 1.62 bits per heavy atom. The van der Waals surface area contributed by atoms with Gasteiger partial charge in [-0.2, -0.15) is 0 Å². The highest BCUT2D eigenvalue weighted by Gasteiger charge is 3.01. The lowest BCUT2D eigenvalue weighted by molar-refractivity contribution is -0.171. The van der Waals surface area contributed by atoms with Crippen molar-refractivity contribution in [2.24, 2.45) is 17.3 Å². The molecule has 7 aliphatic rings. The maximum atomic E-state index is 14.4. The van der Waals surface area contributed by atoms with Crippen LogP contribution in [0.15, 0.2) is 71.8 Å². The van der Waals surface area contributed by atoms with Crippen LogP contribution in [0.25, 0.3) is 0 Å². The molecule has 12 nitrogen and oxygen atoms in total. The van der Waals surface area contributed by atoms with Crippen LogP contribution in [-0.2, 0) is 60.8 Å². The van der Waals surface area contributed by atoms with Crippen molar-refractivity contribution in [2.45, 2.75) is 113 Å². The summed E-state index contributed by atoms with van der Waals surface area (Å²) in [4.78, 5) is 53.0. The molecule has 2 saturated carbocycles. The predicted molar refractivity (Wildman–Crippen MR) is 180 cm³/mol.